The minimum Gasteiger partial charge on any atom is -0.354 e. The van der Waals surface area contributed by atoms with Crippen LogP contribution < -0.4 is 11.1 Å². The summed E-state index contributed by atoms with van der Waals surface area (Å²) in [4.78, 5) is 14.2. The van der Waals surface area contributed by atoms with Gasteiger partial charge >= 0.3 is 0 Å². The summed E-state index contributed by atoms with van der Waals surface area (Å²) in [6.45, 7) is 9.32. The lowest BCUT2D eigenvalue weighted by atomic mass is 9.86. The maximum atomic E-state index is 12.1. The zero-order valence-electron chi connectivity index (χ0n) is 12.2. The molecule has 17 heavy (non-hydrogen) atoms. The molecule has 2 atom stereocenters. The summed E-state index contributed by atoms with van der Waals surface area (Å²) >= 11 is 0. The fourth-order valence-corrected chi connectivity index (χ4v) is 1.82. The number of rotatable bonds is 7. The van der Waals surface area contributed by atoms with Crippen LogP contribution in [0.2, 0.25) is 0 Å². The minimum absolute atomic E-state index is 0.0648. The highest BCUT2D eigenvalue weighted by Gasteiger charge is 2.30. The molecular formula is C13H29N3O. The summed E-state index contributed by atoms with van der Waals surface area (Å²) in [7, 11) is 4.08. The first kappa shape index (κ1) is 16.4. The van der Waals surface area contributed by atoms with Crippen LogP contribution in [0.5, 0.6) is 0 Å². The quantitative estimate of drug-likeness (QED) is 0.703. The van der Waals surface area contributed by atoms with Gasteiger partial charge < -0.3 is 16.0 Å². The predicted molar refractivity (Wildman–Crippen MR) is 72.8 cm³/mol. The van der Waals surface area contributed by atoms with Crippen molar-refractivity contribution >= 4 is 5.91 Å². The zero-order chi connectivity index (χ0) is 13.6. The topological polar surface area (TPSA) is 58.4 Å². The molecule has 2 unspecified atom stereocenters. The van der Waals surface area contributed by atoms with Gasteiger partial charge in [0, 0.05) is 19.1 Å². The summed E-state index contributed by atoms with van der Waals surface area (Å²) in [5, 5.41) is 3.03. The van der Waals surface area contributed by atoms with Crippen LogP contribution in [-0.2, 0) is 4.79 Å². The average Bonchev–Trinajstić information content (AvgIpc) is 2.26. The highest BCUT2D eigenvalue weighted by Crippen LogP contribution is 2.19. The SMILES string of the molecule is CCC(C)(CN)C(=O)NCC(C(C)C)N(C)C. The maximum Gasteiger partial charge on any atom is 0.227 e. The van der Waals surface area contributed by atoms with E-state index >= 15 is 0 Å². The Hall–Kier alpha value is -0.610. The van der Waals surface area contributed by atoms with E-state index in [2.05, 4.69) is 24.1 Å². The standard InChI is InChI=1S/C13H29N3O/c1-7-13(4,9-14)12(17)15-8-11(10(2)3)16(5)6/h10-11H,7-9,14H2,1-6H3,(H,15,17). The number of carbonyl (C=O) groups excluding carboxylic acids is 1. The molecule has 0 aromatic rings. The Morgan fingerprint density at radius 3 is 2.24 bits per heavy atom. The molecule has 1 amide bonds. The van der Waals surface area contributed by atoms with Crippen molar-refractivity contribution in [1.29, 1.82) is 0 Å². The Balaban J connectivity index is 4.40. The van der Waals surface area contributed by atoms with E-state index in [9.17, 15) is 4.79 Å². The molecule has 0 aromatic heterocycles. The van der Waals surface area contributed by atoms with Crippen molar-refractivity contribution in [2.24, 2.45) is 17.1 Å². The van der Waals surface area contributed by atoms with Crippen LogP contribution in [0.25, 0.3) is 0 Å². The first-order valence-corrected chi connectivity index (χ1v) is 6.43. The van der Waals surface area contributed by atoms with Gasteiger partial charge in [0.2, 0.25) is 5.91 Å². The highest BCUT2D eigenvalue weighted by atomic mass is 16.2. The fraction of sp³-hybridized carbons (Fsp3) is 0.923. The molecule has 0 aliphatic rings. The number of amides is 1. The molecule has 0 spiro atoms. The van der Waals surface area contributed by atoms with Gasteiger partial charge in [0.15, 0.2) is 0 Å². The van der Waals surface area contributed by atoms with Crippen molar-refractivity contribution in [3.8, 4) is 0 Å². The van der Waals surface area contributed by atoms with Gasteiger partial charge in [-0.1, -0.05) is 20.8 Å². The van der Waals surface area contributed by atoms with Crippen molar-refractivity contribution in [1.82, 2.24) is 10.2 Å². The molecule has 0 saturated carbocycles. The van der Waals surface area contributed by atoms with Crippen molar-refractivity contribution in [2.75, 3.05) is 27.2 Å². The lowest BCUT2D eigenvalue weighted by Gasteiger charge is -2.31. The molecule has 0 heterocycles. The Morgan fingerprint density at radius 2 is 1.94 bits per heavy atom. The third-order valence-corrected chi connectivity index (χ3v) is 3.68. The van der Waals surface area contributed by atoms with E-state index in [0.29, 0.717) is 25.0 Å². The van der Waals surface area contributed by atoms with Gasteiger partial charge in [0.25, 0.3) is 0 Å². The summed E-state index contributed by atoms with van der Waals surface area (Å²) in [6.07, 6.45) is 0.768. The second kappa shape index (κ2) is 6.97. The molecule has 0 aromatic carbocycles. The summed E-state index contributed by atoms with van der Waals surface area (Å²) in [5.74, 6) is 0.575. The van der Waals surface area contributed by atoms with Crippen molar-refractivity contribution in [3.05, 3.63) is 0 Å². The smallest absolute Gasteiger partial charge is 0.227 e. The van der Waals surface area contributed by atoms with Gasteiger partial charge in [-0.3, -0.25) is 4.79 Å². The van der Waals surface area contributed by atoms with Gasteiger partial charge in [0.1, 0.15) is 0 Å². The summed E-state index contributed by atoms with van der Waals surface area (Å²) < 4.78 is 0. The van der Waals surface area contributed by atoms with Crippen LogP contribution in [0.3, 0.4) is 0 Å². The fourth-order valence-electron chi connectivity index (χ4n) is 1.82. The molecule has 0 radical (unpaired) electrons. The van der Waals surface area contributed by atoms with E-state index in [0.717, 1.165) is 6.42 Å². The van der Waals surface area contributed by atoms with Crippen molar-refractivity contribution < 1.29 is 4.79 Å². The predicted octanol–water partition coefficient (Wildman–Crippen LogP) is 1.06. The Bertz CT molecular complexity index is 227. The number of nitrogens with two attached hydrogens (primary N) is 1. The monoisotopic (exact) mass is 243 g/mol. The van der Waals surface area contributed by atoms with Crippen molar-refractivity contribution in [3.63, 3.8) is 0 Å². The summed E-state index contributed by atoms with van der Waals surface area (Å²) in [6, 6.07) is 0.359. The first-order valence-electron chi connectivity index (χ1n) is 6.43. The molecule has 4 nitrogen and oxygen atoms in total. The molecule has 0 aliphatic heterocycles. The Labute approximate surface area is 106 Å². The van der Waals surface area contributed by atoms with Crippen LogP contribution in [0, 0.1) is 11.3 Å². The lowest BCUT2D eigenvalue weighted by molar-refractivity contribution is -0.130. The van der Waals surface area contributed by atoms with Gasteiger partial charge in [0.05, 0.1) is 5.41 Å². The third-order valence-electron chi connectivity index (χ3n) is 3.68. The molecule has 3 N–H and O–H groups in total. The second-order valence-electron chi connectivity index (χ2n) is 5.60. The maximum absolute atomic E-state index is 12.1. The van der Waals surface area contributed by atoms with Crippen LogP contribution >= 0.6 is 0 Å². The van der Waals surface area contributed by atoms with E-state index in [4.69, 9.17) is 5.73 Å². The van der Waals surface area contributed by atoms with Gasteiger partial charge in [-0.15, -0.1) is 0 Å². The molecule has 0 fully saturated rings. The van der Waals surface area contributed by atoms with Crippen LogP contribution in [0.1, 0.15) is 34.1 Å². The number of nitrogens with one attached hydrogen (secondary N) is 1. The van der Waals surface area contributed by atoms with Crippen LogP contribution in [0.4, 0.5) is 0 Å². The van der Waals surface area contributed by atoms with E-state index in [1.165, 1.54) is 0 Å². The number of carbonyl (C=O) groups is 1. The average molecular weight is 243 g/mol. The first-order chi connectivity index (χ1) is 7.78. The van der Waals surface area contributed by atoms with E-state index in [1.807, 2.05) is 27.9 Å². The van der Waals surface area contributed by atoms with Gasteiger partial charge in [-0.25, -0.2) is 0 Å². The number of nitrogens with zero attached hydrogens (tertiary/aromatic N) is 1. The molecule has 0 saturated heterocycles. The Morgan fingerprint density at radius 1 is 1.41 bits per heavy atom. The summed E-state index contributed by atoms with van der Waals surface area (Å²) in [5.41, 5.74) is 5.24. The number of likely N-dealkylation sites (N-methyl/N-ethyl adjacent to an activating group) is 1. The molecule has 0 rings (SSSR count). The van der Waals surface area contributed by atoms with Crippen LogP contribution in [0.15, 0.2) is 0 Å². The van der Waals surface area contributed by atoms with E-state index in [1.54, 1.807) is 0 Å². The molecule has 0 bridgehead atoms. The van der Waals surface area contributed by atoms with E-state index < -0.39 is 5.41 Å². The molecule has 4 heteroatoms. The zero-order valence-corrected chi connectivity index (χ0v) is 12.2. The van der Waals surface area contributed by atoms with Gasteiger partial charge in [-0.2, -0.15) is 0 Å². The molecule has 0 aliphatic carbocycles. The third kappa shape index (κ3) is 4.64. The Kier molecular flexibility index (Phi) is 6.72. The minimum atomic E-state index is -0.437. The van der Waals surface area contributed by atoms with Crippen LogP contribution in [-0.4, -0.2) is 44.0 Å². The molecule has 102 valence electrons. The van der Waals surface area contributed by atoms with Crippen molar-refractivity contribution in [2.45, 2.75) is 40.2 Å². The largest absolute Gasteiger partial charge is 0.354 e. The normalized spacial score (nSPS) is 17.0. The van der Waals surface area contributed by atoms with Gasteiger partial charge in [-0.05, 0) is 33.4 Å². The molecular weight excluding hydrogens is 214 g/mol. The lowest BCUT2D eigenvalue weighted by Crippen LogP contribution is -2.49. The number of hydrogen-bond donors (Lipinski definition) is 2. The number of hydrogen-bond acceptors (Lipinski definition) is 3. The highest BCUT2D eigenvalue weighted by molar-refractivity contribution is 5.82. The second-order valence-corrected chi connectivity index (χ2v) is 5.60. The van der Waals surface area contributed by atoms with E-state index in [-0.39, 0.29) is 5.91 Å².